The predicted octanol–water partition coefficient (Wildman–Crippen LogP) is 1.72. The van der Waals surface area contributed by atoms with Gasteiger partial charge in [0, 0.05) is 7.05 Å². The number of hydrogen-bond donors (Lipinski definition) is 1. The molecular weight excluding hydrogens is 246 g/mol. The fraction of sp³-hybridized carbons (Fsp3) is 0.222. The Morgan fingerprint density at radius 3 is 3.06 bits per heavy atom. The summed E-state index contributed by atoms with van der Waals surface area (Å²) >= 11 is 2.75. The summed E-state index contributed by atoms with van der Waals surface area (Å²) in [4.78, 5) is 11.5. The SMILES string of the molecule is Cn1c(SCC(=O)O)nnc1-c1cccs1. The lowest BCUT2D eigenvalue weighted by atomic mass is 10.4. The van der Waals surface area contributed by atoms with Crippen molar-refractivity contribution in [1.29, 1.82) is 0 Å². The van der Waals surface area contributed by atoms with Gasteiger partial charge < -0.3 is 9.67 Å². The second kappa shape index (κ2) is 4.67. The molecule has 0 saturated carbocycles. The smallest absolute Gasteiger partial charge is 0.313 e. The predicted molar refractivity (Wildman–Crippen MR) is 62.7 cm³/mol. The van der Waals surface area contributed by atoms with Gasteiger partial charge in [0.25, 0.3) is 0 Å². The summed E-state index contributed by atoms with van der Waals surface area (Å²) < 4.78 is 1.80. The largest absolute Gasteiger partial charge is 0.481 e. The summed E-state index contributed by atoms with van der Waals surface area (Å²) in [5, 5.41) is 19.2. The lowest BCUT2D eigenvalue weighted by molar-refractivity contribution is -0.133. The van der Waals surface area contributed by atoms with Crippen molar-refractivity contribution in [2.75, 3.05) is 5.75 Å². The van der Waals surface area contributed by atoms with Gasteiger partial charge in [0.2, 0.25) is 0 Å². The molecule has 0 unspecified atom stereocenters. The normalized spacial score (nSPS) is 10.6. The van der Waals surface area contributed by atoms with Crippen molar-refractivity contribution in [3.8, 4) is 10.7 Å². The summed E-state index contributed by atoms with van der Waals surface area (Å²) in [6, 6.07) is 3.90. The highest BCUT2D eigenvalue weighted by molar-refractivity contribution is 7.99. The Morgan fingerprint density at radius 1 is 1.62 bits per heavy atom. The van der Waals surface area contributed by atoms with Crippen molar-refractivity contribution < 1.29 is 9.90 Å². The third kappa shape index (κ3) is 2.25. The molecule has 2 aromatic rings. The van der Waals surface area contributed by atoms with Crippen LogP contribution in [0.15, 0.2) is 22.7 Å². The molecule has 0 spiro atoms. The fourth-order valence-electron chi connectivity index (χ4n) is 1.19. The molecule has 2 aromatic heterocycles. The standard InChI is InChI=1S/C9H9N3O2S2/c1-12-8(6-3-2-4-15-6)10-11-9(12)16-5-7(13)14/h2-4H,5H2,1H3,(H,13,14). The molecule has 84 valence electrons. The molecule has 5 nitrogen and oxygen atoms in total. The number of rotatable bonds is 4. The van der Waals surface area contributed by atoms with Crippen molar-refractivity contribution >= 4 is 29.1 Å². The molecule has 0 bridgehead atoms. The average Bonchev–Trinajstić information content (AvgIpc) is 2.84. The zero-order valence-electron chi connectivity index (χ0n) is 8.45. The highest BCUT2D eigenvalue weighted by atomic mass is 32.2. The van der Waals surface area contributed by atoms with Gasteiger partial charge in [0.1, 0.15) is 0 Å². The van der Waals surface area contributed by atoms with Gasteiger partial charge in [0.05, 0.1) is 10.6 Å². The third-order valence-electron chi connectivity index (χ3n) is 1.90. The van der Waals surface area contributed by atoms with E-state index in [1.165, 1.54) is 11.8 Å². The summed E-state index contributed by atoms with van der Waals surface area (Å²) in [6.45, 7) is 0. The third-order valence-corrected chi connectivity index (χ3v) is 3.77. The molecule has 0 amide bonds. The first-order valence-electron chi connectivity index (χ1n) is 4.46. The highest BCUT2D eigenvalue weighted by Crippen LogP contribution is 2.25. The molecule has 0 aromatic carbocycles. The van der Waals surface area contributed by atoms with Crippen LogP contribution in [0.2, 0.25) is 0 Å². The van der Waals surface area contributed by atoms with Crippen LogP contribution in [0.3, 0.4) is 0 Å². The molecule has 7 heteroatoms. The lowest BCUT2D eigenvalue weighted by Crippen LogP contribution is -2.00. The first kappa shape index (κ1) is 11.2. The molecule has 0 aliphatic heterocycles. The summed E-state index contributed by atoms with van der Waals surface area (Å²) in [5.74, 6) is -0.0929. The monoisotopic (exact) mass is 255 g/mol. The molecule has 0 aliphatic rings. The van der Waals surface area contributed by atoms with E-state index in [-0.39, 0.29) is 5.75 Å². The molecule has 16 heavy (non-hydrogen) atoms. The number of carboxylic acid groups (broad SMARTS) is 1. The van der Waals surface area contributed by atoms with Gasteiger partial charge in [0.15, 0.2) is 11.0 Å². The van der Waals surface area contributed by atoms with Gasteiger partial charge in [-0.15, -0.1) is 21.5 Å². The van der Waals surface area contributed by atoms with Crippen LogP contribution in [0.1, 0.15) is 0 Å². The van der Waals surface area contributed by atoms with Gasteiger partial charge in [-0.1, -0.05) is 17.8 Å². The number of carboxylic acids is 1. The van der Waals surface area contributed by atoms with E-state index in [1.54, 1.807) is 15.9 Å². The number of thioether (sulfide) groups is 1. The fourth-order valence-corrected chi connectivity index (χ4v) is 2.56. The minimum Gasteiger partial charge on any atom is -0.481 e. The van der Waals surface area contributed by atoms with Gasteiger partial charge in [-0.2, -0.15) is 0 Å². The highest BCUT2D eigenvalue weighted by Gasteiger charge is 2.12. The molecule has 0 radical (unpaired) electrons. The average molecular weight is 255 g/mol. The molecule has 0 atom stereocenters. The van der Waals surface area contributed by atoms with E-state index >= 15 is 0 Å². The Bertz CT molecular complexity index is 493. The number of thiophene rings is 1. The maximum Gasteiger partial charge on any atom is 0.313 e. The summed E-state index contributed by atoms with van der Waals surface area (Å²) in [7, 11) is 1.83. The molecule has 1 N–H and O–H groups in total. The van der Waals surface area contributed by atoms with E-state index in [2.05, 4.69) is 10.2 Å². The Balaban J connectivity index is 2.21. The minimum atomic E-state index is -0.856. The lowest BCUT2D eigenvalue weighted by Gasteiger charge is -2.00. The van der Waals surface area contributed by atoms with Crippen LogP contribution in [-0.4, -0.2) is 31.6 Å². The molecule has 0 aliphatic carbocycles. The maximum atomic E-state index is 10.4. The van der Waals surface area contributed by atoms with Gasteiger partial charge in [-0.25, -0.2) is 0 Å². The molecular formula is C9H9N3O2S2. The van der Waals surface area contributed by atoms with Crippen LogP contribution < -0.4 is 0 Å². The number of hydrogen-bond acceptors (Lipinski definition) is 5. The van der Waals surface area contributed by atoms with Crippen molar-refractivity contribution in [3.05, 3.63) is 17.5 Å². The van der Waals surface area contributed by atoms with E-state index < -0.39 is 5.97 Å². The molecule has 0 saturated heterocycles. The summed E-state index contributed by atoms with van der Waals surface area (Å²) in [5.41, 5.74) is 0. The van der Waals surface area contributed by atoms with E-state index in [1.807, 2.05) is 24.6 Å². The van der Waals surface area contributed by atoms with E-state index in [4.69, 9.17) is 5.11 Å². The zero-order chi connectivity index (χ0) is 11.5. The Morgan fingerprint density at radius 2 is 2.44 bits per heavy atom. The Kier molecular flexibility index (Phi) is 3.25. The Hall–Kier alpha value is -1.34. The number of nitrogens with zero attached hydrogens (tertiary/aromatic N) is 3. The van der Waals surface area contributed by atoms with Crippen LogP contribution in [0, 0.1) is 0 Å². The van der Waals surface area contributed by atoms with Crippen LogP contribution in [0.5, 0.6) is 0 Å². The minimum absolute atomic E-state index is 0.00356. The topological polar surface area (TPSA) is 68.0 Å². The first-order chi connectivity index (χ1) is 7.68. The van der Waals surface area contributed by atoms with E-state index in [0.717, 1.165) is 10.7 Å². The second-order valence-corrected chi connectivity index (χ2v) is 4.92. The van der Waals surface area contributed by atoms with Gasteiger partial charge in [-0.3, -0.25) is 4.79 Å². The first-order valence-corrected chi connectivity index (χ1v) is 6.33. The van der Waals surface area contributed by atoms with Crippen LogP contribution in [0.25, 0.3) is 10.7 Å². The number of aromatic nitrogens is 3. The van der Waals surface area contributed by atoms with Crippen molar-refractivity contribution in [2.45, 2.75) is 5.16 Å². The van der Waals surface area contributed by atoms with Crippen LogP contribution in [0.4, 0.5) is 0 Å². The van der Waals surface area contributed by atoms with E-state index in [9.17, 15) is 4.79 Å². The van der Waals surface area contributed by atoms with Crippen LogP contribution in [-0.2, 0) is 11.8 Å². The quantitative estimate of drug-likeness (QED) is 0.842. The number of carbonyl (C=O) groups is 1. The van der Waals surface area contributed by atoms with Crippen LogP contribution >= 0.6 is 23.1 Å². The molecule has 2 rings (SSSR count). The van der Waals surface area contributed by atoms with Crippen molar-refractivity contribution in [2.24, 2.45) is 7.05 Å². The maximum absolute atomic E-state index is 10.4. The summed E-state index contributed by atoms with van der Waals surface area (Å²) in [6.07, 6.45) is 0. The Labute approximate surface area is 100 Å². The van der Waals surface area contributed by atoms with Gasteiger partial charge >= 0.3 is 5.97 Å². The molecule has 0 fully saturated rings. The van der Waals surface area contributed by atoms with Gasteiger partial charge in [-0.05, 0) is 11.4 Å². The van der Waals surface area contributed by atoms with Crippen molar-refractivity contribution in [1.82, 2.24) is 14.8 Å². The van der Waals surface area contributed by atoms with Crippen molar-refractivity contribution in [3.63, 3.8) is 0 Å². The number of aliphatic carboxylic acids is 1. The zero-order valence-corrected chi connectivity index (χ0v) is 10.1. The van der Waals surface area contributed by atoms with E-state index in [0.29, 0.717) is 5.16 Å². The molecule has 2 heterocycles. The second-order valence-electron chi connectivity index (χ2n) is 3.02.